The first kappa shape index (κ1) is 15.4. The van der Waals surface area contributed by atoms with E-state index in [1.807, 2.05) is 13.8 Å². The first-order valence-corrected chi connectivity index (χ1v) is 6.52. The van der Waals surface area contributed by atoms with E-state index in [-0.39, 0.29) is 18.4 Å². The van der Waals surface area contributed by atoms with Gasteiger partial charge in [-0.25, -0.2) is 0 Å². The monoisotopic (exact) mass is 294 g/mol. The van der Waals surface area contributed by atoms with Crippen LogP contribution in [0.25, 0.3) is 0 Å². The largest absolute Gasteiger partial charge is 0.465 e. The molecule has 0 aliphatic heterocycles. The van der Waals surface area contributed by atoms with Crippen LogP contribution in [0.4, 0.5) is 0 Å². The number of esters is 2. The van der Waals surface area contributed by atoms with Gasteiger partial charge in [-0.2, -0.15) is 0 Å². The van der Waals surface area contributed by atoms with E-state index in [1.54, 1.807) is 6.92 Å². The van der Waals surface area contributed by atoms with Gasteiger partial charge in [0.25, 0.3) is 0 Å². The van der Waals surface area contributed by atoms with Gasteiger partial charge < -0.3 is 9.47 Å². The highest BCUT2D eigenvalue weighted by atomic mass is 79.9. The molecule has 0 radical (unpaired) electrons. The van der Waals surface area contributed by atoms with Gasteiger partial charge in [0, 0.05) is 11.8 Å². The Morgan fingerprint density at radius 1 is 1.25 bits per heavy atom. The van der Waals surface area contributed by atoms with E-state index in [9.17, 15) is 9.59 Å². The van der Waals surface area contributed by atoms with E-state index in [0.717, 1.165) is 0 Å². The molecule has 0 saturated carbocycles. The van der Waals surface area contributed by atoms with Crippen LogP contribution in [-0.2, 0) is 19.1 Å². The highest BCUT2D eigenvalue weighted by Crippen LogP contribution is 2.07. The van der Waals surface area contributed by atoms with E-state index < -0.39 is 6.10 Å². The highest BCUT2D eigenvalue weighted by Gasteiger charge is 2.17. The Morgan fingerprint density at radius 3 is 2.31 bits per heavy atom. The number of halogens is 1. The minimum Gasteiger partial charge on any atom is -0.465 e. The summed E-state index contributed by atoms with van der Waals surface area (Å²) in [5.74, 6) is -0.326. The van der Waals surface area contributed by atoms with Gasteiger partial charge in [0.05, 0.1) is 13.0 Å². The molecular formula is C11H19BrO4. The number of rotatable bonds is 7. The van der Waals surface area contributed by atoms with E-state index >= 15 is 0 Å². The molecular weight excluding hydrogens is 276 g/mol. The molecule has 0 fully saturated rings. The van der Waals surface area contributed by atoms with Crippen molar-refractivity contribution in [3.8, 4) is 0 Å². The molecule has 0 N–H and O–H groups in total. The summed E-state index contributed by atoms with van der Waals surface area (Å²) >= 11 is 3.20. The van der Waals surface area contributed by atoms with Crippen LogP contribution >= 0.6 is 15.9 Å². The van der Waals surface area contributed by atoms with E-state index in [0.29, 0.717) is 24.3 Å². The van der Waals surface area contributed by atoms with Gasteiger partial charge in [-0.15, -0.1) is 0 Å². The summed E-state index contributed by atoms with van der Waals surface area (Å²) < 4.78 is 10.0. The van der Waals surface area contributed by atoms with Crippen molar-refractivity contribution >= 4 is 27.9 Å². The number of carbonyl (C=O) groups is 2. The topological polar surface area (TPSA) is 52.6 Å². The quantitative estimate of drug-likeness (QED) is 0.534. The molecule has 0 rings (SSSR count). The number of hydrogen-bond acceptors (Lipinski definition) is 4. The van der Waals surface area contributed by atoms with E-state index in [2.05, 4.69) is 15.9 Å². The molecule has 0 aromatic carbocycles. The Balaban J connectivity index is 3.92. The standard InChI is InChI=1S/C11H19BrO4/c1-4-10(13)16-9(6-12)5-11(14)15-7-8(2)3/h8-9H,4-7H2,1-3H3. The molecule has 0 aliphatic rings. The lowest BCUT2D eigenvalue weighted by molar-refractivity contribution is -0.154. The van der Waals surface area contributed by atoms with Crippen LogP contribution in [0, 0.1) is 5.92 Å². The van der Waals surface area contributed by atoms with Gasteiger partial charge >= 0.3 is 11.9 Å². The zero-order valence-corrected chi connectivity index (χ0v) is 11.6. The predicted molar refractivity (Wildman–Crippen MR) is 64.4 cm³/mol. The Morgan fingerprint density at radius 2 is 1.88 bits per heavy atom. The van der Waals surface area contributed by atoms with Crippen LogP contribution in [0.2, 0.25) is 0 Å². The van der Waals surface area contributed by atoms with Gasteiger partial charge in [-0.3, -0.25) is 9.59 Å². The van der Waals surface area contributed by atoms with Crippen molar-refractivity contribution in [1.82, 2.24) is 0 Å². The zero-order valence-electron chi connectivity index (χ0n) is 9.99. The lowest BCUT2D eigenvalue weighted by Gasteiger charge is -2.14. The van der Waals surface area contributed by atoms with Gasteiger partial charge in [0.1, 0.15) is 6.10 Å². The van der Waals surface area contributed by atoms with Crippen molar-refractivity contribution in [2.24, 2.45) is 5.92 Å². The first-order chi connectivity index (χ1) is 7.49. The van der Waals surface area contributed by atoms with Crippen molar-refractivity contribution in [3.63, 3.8) is 0 Å². The van der Waals surface area contributed by atoms with Gasteiger partial charge in [0.2, 0.25) is 0 Å². The lowest BCUT2D eigenvalue weighted by Crippen LogP contribution is -2.24. The fraction of sp³-hybridized carbons (Fsp3) is 0.818. The summed E-state index contributed by atoms with van der Waals surface area (Å²) in [5.41, 5.74) is 0. The molecule has 94 valence electrons. The number of hydrogen-bond donors (Lipinski definition) is 0. The molecule has 1 unspecified atom stereocenters. The maximum atomic E-state index is 11.4. The molecule has 4 nitrogen and oxygen atoms in total. The van der Waals surface area contributed by atoms with E-state index in [4.69, 9.17) is 9.47 Å². The highest BCUT2D eigenvalue weighted by molar-refractivity contribution is 9.09. The smallest absolute Gasteiger partial charge is 0.309 e. The summed E-state index contributed by atoms with van der Waals surface area (Å²) in [7, 11) is 0. The fourth-order valence-corrected chi connectivity index (χ4v) is 1.26. The second-order valence-electron chi connectivity index (χ2n) is 3.90. The summed E-state index contributed by atoms with van der Waals surface area (Å²) in [6.45, 7) is 6.04. The molecule has 0 saturated heterocycles. The zero-order chi connectivity index (χ0) is 12.6. The predicted octanol–water partition coefficient (Wildman–Crippen LogP) is 2.29. The van der Waals surface area contributed by atoms with Gasteiger partial charge in [-0.05, 0) is 5.92 Å². The van der Waals surface area contributed by atoms with Crippen molar-refractivity contribution in [2.45, 2.75) is 39.7 Å². The minimum atomic E-state index is -0.438. The van der Waals surface area contributed by atoms with Crippen molar-refractivity contribution in [1.29, 1.82) is 0 Å². The molecule has 1 atom stereocenters. The first-order valence-electron chi connectivity index (χ1n) is 5.40. The minimum absolute atomic E-state index is 0.101. The molecule has 5 heteroatoms. The molecule has 0 heterocycles. The maximum Gasteiger partial charge on any atom is 0.309 e. The molecule has 0 amide bonds. The molecule has 0 bridgehead atoms. The normalized spacial score (nSPS) is 12.3. The fourth-order valence-electron chi connectivity index (χ4n) is 0.901. The van der Waals surface area contributed by atoms with Crippen molar-refractivity contribution in [3.05, 3.63) is 0 Å². The maximum absolute atomic E-state index is 11.4. The Kier molecular flexibility index (Phi) is 8.25. The molecule has 0 aromatic rings. The van der Waals surface area contributed by atoms with Crippen LogP contribution in [0.1, 0.15) is 33.6 Å². The average molecular weight is 295 g/mol. The van der Waals surface area contributed by atoms with Crippen LogP contribution in [0.5, 0.6) is 0 Å². The molecule has 0 spiro atoms. The molecule has 0 aromatic heterocycles. The second-order valence-corrected chi connectivity index (χ2v) is 4.55. The second kappa shape index (κ2) is 8.56. The summed E-state index contributed by atoms with van der Waals surface area (Å²) in [6.07, 6.45) is -0.0269. The Hall–Kier alpha value is -0.580. The van der Waals surface area contributed by atoms with Crippen molar-refractivity contribution in [2.75, 3.05) is 11.9 Å². The number of carbonyl (C=O) groups excluding carboxylic acids is 2. The molecule has 16 heavy (non-hydrogen) atoms. The van der Waals surface area contributed by atoms with E-state index in [1.165, 1.54) is 0 Å². The number of alkyl halides is 1. The van der Waals surface area contributed by atoms with Crippen LogP contribution < -0.4 is 0 Å². The third kappa shape index (κ3) is 7.68. The summed E-state index contributed by atoms with van der Waals surface area (Å²) in [4.78, 5) is 22.4. The molecule has 0 aliphatic carbocycles. The van der Waals surface area contributed by atoms with Crippen LogP contribution in [-0.4, -0.2) is 30.0 Å². The van der Waals surface area contributed by atoms with Crippen LogP contribution in [0.15, 0.2) is 0 Å². The number of ether oxygens (including phenoxy) is 2. The Bertz CT molecular complexity index is 228. The SMILES string of the molecule is CCC(=O)OC(CBr)CC(=O)OCC(C)C. The Labute approximate surface area is 105 Å². The third-order valence-corrected chi connectivity index (χ3v) is 2.45. The summed E-state index contributed by atoms with van der Waals surface area (Å²) in [6, 6.07) is 0. The van der Waals surface area contributed by atoms with Crippen molar-refractivity contribution < 1.29 is 19.1 Å². The lowest BCUT2D eigenvalue weighted by atomic mass is 10.2. The van der Waals surface area contributed by atoms with Gasteiger partial charge in [0.15, 0.2) is 0 Å². The average Bonchev–Trinajstić information content (AvgIpc) is 2.25. The van der Waals surface area contributed by atoms with Crippen LogP contribution in [0.3, 0.4) is 0 Å². The summed E-state index contributed by atoms with van der Waals surface area (Å²) in [5, 5.41) is 0.440. The van der Waals surface area contributed by atoms with Gasteiger partial charge in [-0.1, -0.05) is 36.7 Å². The third-order valence-electron chi connectivity index (χ3n) is 1.73.